The Hall–Kier alpha value is -2.33. The Labute approximate surface area is 120 Å². The van der Waals surface area contributed by atoms with E-state index in [1.807, 2.05) is 24.3 Å². The van der Waals surface area contributed by atoms with Gasteiger partial charge in [-0.3, -0.25) is 9.78 Å². The van der Waals surface area contributed by atoms with E-state index in [0.29, 0.717) is 17.3 Å². The summed E-state index contributed by atoms with van der Waals surface area (Å²) < 4.78 is 0. The Kier molecular flexibility index (Phi) is 3.39. The largest absolute Gasteiger partial charge is 0.349 e. The van der Waals surface area contributed by atoms with Gasteiger partial charge in [0, 0.05) is 17.8 Å². The molecule has 20 heavy (non-hydrogen) atoms. The molecule has 0 saturated carbocycles. The average Bonchev–Trinajstić information content (AvgIpc) is 2.90. The van der Waals surface area contributed by atoms with E-state index in [-0.39, 0.29) is 5.91 Å². The molecule has 0 bridgehead atoms. The number of halogens is 1. The first kappa shape index (κ1) is 12.7. The monoisotopic (exact) mass is 285 g/mol. The first-order valence-corrected chi connectivity index (χ1v) is 6.56. The second-order valence-electron chi connectivity index (χ2n) is 4.43. The predicted octanol–water partition coefficient (Wildman–Crippen LogP) is 3.15. The van der Waals surface area contributed by atoms with Crippen molar-refractivity contribution in [2.45, 2.75) is 6.54 Å². The number of nitrogens with one attached hydrogen (secondary N) is 2. The maximum Gasteiger partial charge on any atom is 0.268 e. The van der Waals surface area contributed by atoms with Gasteiger partial charge in [0.25, 0.3) is 5.91 Å². The van der Waals surface area contributed by atoms with Crippen LogP contribution in [0.2, 0.25) is 5.02 Å². The molecular weight excluding hydrogens is 274 g/mol. The van der Waals surface area contributed by atoms with Crippen molar-refractivity contribution in [1.82, 2.24) is 15.3 Å². The third kappa shape index (κ3) is 2.65. The van der Waals surface area contributed by atoms with Gasteiger partial charge in [0.05, 0.1) is 11.0 Å². The Morgan fingerprint density at radius 2 is 2.05 bits per heavy atom. The highest BCUT2D eigenvalue weighted by Crippen LogP contribution is 2.12. The lowest BCUT2D eigenvalue weighted by Gasteiger charge is -2.03. The number of H-pyrrole nitrogens is 1. The molecule has 3 aromatic rings. The SMILES string of the molecule is O=C(NCc1ccc(Cl)cc1)c1cc2ncccc2[nH]1. The number of nitrogens with zero attached hydrogens (tertiary/aromatic N) is 1. The second kappa shape index (κ2) is 5.35. The number of benzene rings is 1. The molecule has 3 rings (SSSR count). The molecule has 1 amide bonds. The van der Waals surface area contributed by atoms with Crippen molar-refractivity contribution in [3.63, 3.8) is 0 Å². The maximum atomic E-state index is 12.1. The lowest BCUT2D eigenvalue weighted by molar-refractivity contribution is 0.0947. The number of aromatic nitrogens is 2. The summed E-state index contributed by atoms with van der Waals surface area (Å²) >= 11 is 5.82. The predicted molar refractivity (Wildman–Crippen MR) is 78.7 cm³/mol. The molecule has 2 N–H and O–H groups in total. The number of carbonyl (C=O) groups excluding carboxylic acids is 1. The van der Waals surface area contributed by atoms with Crippen molar-refractivity contribution in [1.29, 1.82) is 0 Å². The standard InChI is InChI=1S/C15H12ClN3O/c16-11-5-3-10(4-6-11)9-18-15(20)14-8-13-12(19-14)2-1-7-17-13/h1-8,19H,9H2,(H,18,20). The molecule has 2 aromatic heterocycles. The molecule has 1 aromatic carbocycles. The number of pyridine rings is 1. The van der Waals surface area contributed by atoms with E-state index in [2.05, 4.69) is 15.3 Å². The van der Waals surface area contributed by atoms with Crippen molar-refractivity contribution in [3.8, 4) is 0 Å². The molecule has 0 radical (unpaired) electrons. The van der Waals surface area contributed by atoms with Crippen LogP contribution in [0.3, 0.4) is 0 Å². The fourth-order valence-electron chi connectivity index (χ4n) is 1.96. The first-order valence-electron chi connectivity index (χ1n) is 6.19. The molecule has 100 valence electrons. The van der Waals surface area contributed by atoms with Crippen molar-refractivity contribution in [3.05, 3.63) is 64.9 Å². The van der Waals surface area contributed by atoms with Crippen LogP contribution in [0.5, 0.6) is 0 Å². The van der Waals surface area contributed by atoms with Gasteiger partial charge in [-0.2, -0.15) is 0 Å². The quantitative estimate of drug-likeness (QED) is 0.777. The second-order valence-corrected chi connectivity index (χ2v) is 4.86. The Morgan fingerprint density at radius 3 is 2.80 bits per heavy atom. The molecule has 2 heterocycles. The third-order valence-corrected chi connectivity index (χ3v) is 3.25. The molecule has 5 heteroatoms. The third-order valence-electron chi connectivity index (χ3n) is 3.00. The zero-order valence-electron chi connectivity index (χ0n) is 10.6. The van der Waals surface area contributed by atoms with Gasteiger partial charge in [-0.05, 0) is 35.9 Å². The average molecular weight is 286 g/mol. The van der Waals surface area contributed by atoms with Gasteiger partial charge in [-0.1, -0.05) is 23.7 Å². The van der Waals surface area contributed by atoms with Crippen molar-refractivity contribution < 1.29 is 4.79 Å². The van der Waals surface area contributed by atoms with E-state index in [1.54, 1.807) is 24.4 Å². The number of amides is 1. The lowest BCUT2D eigenvalue weighted by Crippen LogP contribution is -2.22. The molecule has 0 aliphatic rings. The number of rotatable bonds is 3. The van der Waals surface area contributed by atoms with Crippen LogP contribution in [-0.4, -0.2) is 15.9 Å². The summed E-state index contributed by atoms with van der Waals surface area (Å²) in [6.07, 6.45) is 1.70. The van der Waals surface area contributed by atoms with Gasteiger partial charge >= 0.3 is 0 Å². The summed E-state index contributed by atoms with van der Waals surface area (Å²) in [6.45, 7) is 0.457. The number of aromatic amines is 1. The lowest BCUT2D eigenvalue weighted by atomic mass is 10.2. The van der Waals surface area contributed by atoms with Crippen molar-refractivity contribution in [2.75, 3.05) is 0 Å². The summed E-state index contributed by atoms with van der Waals surface area (Å²) in [6, 6.07) is 12.8. The molecule has 0 aliphatic heterocycles. The normalized spacial score (nSPS) is 10.7. The van der Waals surface area contributed by atoms with Crippen LogP contribution in [0.1, 0.15) is 16.1 Å². The number of hydrogen-bond donors (Lipinski definition) is 2. The van der Waals surface area contributed by atoms with Crippen molar-refractivity contribution >= 4 is 28.5 Å². The summed E-state index contributed by atoms with van der Waals surface area (Å²) in [4.78, 5) is 19.3. The van der Waals surface area contributed by atoms with E-state index in [0.717, 1.165) is 16.6 Å². The molecule has 0 spiro atoms. The van der Waals surface area contributed by atoms with E-state index < -0.39 is 0 Å². The van der Waals surface area contributed by atoms with E-state index >= 15 is 0 Å². The zero-order chi connectivity index (χ0) is 13.9. The minimum Gasteiger partial charge on any atom is -0.349 e. The minimum atomic E-state index is -0.155. The Bertz CT molecular complexity index is 716. The fraction of sp³-hybridized carbons (Fsp3) is 0.0667. The van der Waals surface area contributed by atoms with Crippen molar-refractivity contribution in [2.24, 2.45) is 0 Å². The number of hydrogen-bond acceptors (Lipinski definition) is 2. The fourth-order valence-corrected chi connectivity index (χ4v) is 2.08. The molecule has 0 unspecified atom stereocenters. The molecule has 0 aliphatic carbocycles. The van der Waals surface area contributed by atoms with Crippen LogP contribution in [0.25, 0.3) is 11.0 Å². The van der Waals surface area contributed by atoms with Crippen LogP contribution >= 0.6 is 11.6 Å². The van der Waals surface area contributed by atoms with Gasteiger partial charge in [0.1, 0.15) is 5.69 Å². The summed E-state index contributed by atoms with van der Waals surface area (Å²) in [5, 5.41) is 3.54. The highest BCUT2D eigenvalue weighted by atomic mass is 35.5. The summed E-state index contributed by atoms with van der Waals surface area (Å²) in [7, 11) is 0. The van der Waals surface area contributed by atoms with E-state index in [9.17, 15) is 4.79 Å². The van der Waals surface area contributed by atoms with E-state index in [4.69, 9.17) is 11.6 Å². The van der Waals surface area contributed by atoms with Gasteiger partial charge in [-0.25, -0.2) is 0 Å². The first-order chi connectivity index (χ1) is 9.72. The van der Waals surface area contributed by atoms with Crippen LogP contribution < -0.4 is 5.32 Å². The molecule has 0 fully saturated rings. The van der Waals surface area contributed by atoms with Crippen LogP contribution in [0.4, 0.5) is 0 Å². The van der Waals surface area contributed by atoms with Gasteiger partial charge < -0.3 is 10.3 Å². The number of carbonyl (C=O) groups is 1. The van der Waals surface area contributed by atoms with E-state index in [1.165, 1.54) is 0 Å². The van der Waals surface area contributed by atoms with Gasteiger partial charge in [-0.15, -0.1) is 0 Å². The van der Waals surface area contributed by atoms with Crippen LogP contribution in [0.15, 0.2) is 48.7 Å². The Balaban J connectivity index is 1.71. The molecule has 4 nitrogen and oxygen atoms in total. The van der Waals surface area contributed by atoms with Crippen LogP contribution in [0, 0.1) is 0 Å². The Morgan fingerprint density at radius 1 is 1.25 bits per heavy atom. The highest BCUT2D eigenvalue weighted by Gasteiger charge is 2.09. The smallest absolute Gasteiger partial charge is 0.268 e. The van der Waals surface area contributed by atoms with Gasteiger partial charge in [0.2, 0.25) is 0 Å². The molecule has 0 atom stereocenters. The van der Waals surface area contributed by atoms with Crippen LogP contribution in [-0.2, 0) is 6.54 Å². The molecular formula is C15H12ClN3O. The topological polar surface area (TPSA) is 57.8 Å². The molecule has 0 saturated heterocycles. The minimum absolute atomic E-state index is 0.155. The zero-order valence-corrected chi connectivity index (χ0v) is 11.3. The maximum absolute atomic E-state index is 12.1. The number of fused-ring (bicyclic) bond motifs is 1. The summed E-state index contributed by atoms with van der Waals surface area (Å²) in [5.41, 5.74) is 3.14. The van der Waals surface area contributed by atoms with Gasteiger partial charge in [0.15, 0.2) is 0 Å². The summed E-state index contributed by atoms with van der Waals surface area (Å²) in [5.74, 6) is -0.155. The highest BCUT2D eigenvalue weighted by molar-refractivity contribution is 6.30.